The van der Waals surface area contributed by atoms with Crippen molar-refractivity contribution >= 4 is 22.8 Å². The summed E-state index contributed by atoms with van der Waals surface area (Å²) in [5.41, 5.74) is 9.00. The summed E-state index contributed by atoms with van der Waals surface area (Å²) in [6, 6.07) is 13.6. The number of nitrogens with one attached hydrogen (secondary N) is 1. The number of halogens is 1. The SMILES string of the molecule is COc1ccc(-n2nc3nc(NC(C)C)nc(-c4ccc(F)cc4)c3c2N)cc1. The van der Waals surface area contributed by atoms with E-state index in [1.54, 1.807) is 23.9 Å². The highest BCUT2D eigenvalue weighted by Crippen LogP contribution is 2.33. The minimum Gasteiger partial charge on any atom is -0.497 e. The predicted octanol–water partition coefficient (Wildman–Crippen LogP) is 4.03. The fourth-order valence-electron chi connectivity index (χ4n) is 3.07. The zero-order valence-electron chi connectivity index (χ0n) is 16.3. The Hall–Kier alpha value is -3.68. The van der Waals surface area contributed by atoms with Crippen LogP contribution in [0.5, 0.6) is 5.75 Å². The number of fused-ring (bicyclic) bond motifs is 1. The van der Waals surface area contributed by atoms with Crippen molar-refractivity contribution in [3.8, 4) is 22.7 Å². The normalized spacial score (nSPS) is 11.2. The maximum atomic E-state index is 13.4. The minimum absolute atomic E-state index is 0.134. The number of hydrogen-bond donors (Lipinski definition) is 2. The molecule has 0 aliphatic heterocycles. The fraction of sp³-hybridized carbons (Fsp3) is 0.190. The Bertz CT molecular complexity index is 1150. The van der Waals surface area contributed by atoms with Gasteiger partial charge in [-0.1, -0.05) is 0 Å². The molecule has 2 aromatic heterocycles. The summed E-state index contributed by atoms with van der Waals surface area (Å²) in [5, 5.41) is 8.41. The summed E-state index contributed by atoms with van der Waals surface area (Å²) in [6.07, 6.45) is 0. The number of nitrogens with two attached hydrogens (primary N) is 1. The third-order valence-corrected chi connectivity index (χ3v) is 4.42. The smallest absolute Gasteiger partial charge is 0.225 e. The van der Waals surface area contributed by atoms with Crippen LogP contribution in [0.25, 0.3) is 28.0 Å². The molecule has 0 amide bonds. The van der Waals surface area contributed by atoms with Crippen LogP contribution in [-0.2, 0) is 0 Å². The molecular formula is C21H21FN6O. The van der Waals surface area contributed by atoms with Crippen molar-refractivity contribution < 1.29 is 9.13 Å². The van der Waals surface area contributed by atoms with E-state index in [-0.39, 0.29) is 11.9 Å². The number of methoxy groups -OCH3 is 1. The molecule has 0 saturated carbocycles. The highest BCUT2D eigenvalue weighted by atomic mass is 19.1. The Kier molecular flexibility index (Phi) is 4.75. The van der Waals surface area contributed by atoms with E-state index in [4.69, 9.17) is 10.5 Å². The first-order valence-corrected chi connectivity index (χ1v) is 9.19. The number of ether oxygens (including phenoxy) is 1. The molecule has 148 valence electrons. The number of anilines is 2. The van der Waals surface area contributed by atoms with E-state index in [0.29, 0.717) is 28.5 Å². The molecule has 0 fully saturated rings. The first kappa shape index (κ1) is 18.7. The van der Waals surface area contributed by atoms with Gasteiger partial charge < -0.3 is 15.8 Å². The van der Waals surface area contributed by atoms with Crippen LogP contribution in [0.1, 0.15) is 13.8 Å². The minimum atomic E-state index is -0.318. The molecule has 0 aliphatic rings. The molecule has 8 heteroatoms. The van der Waals surface area contributed by atoms with Crippen LogP contribution in [-0.4, -0.2) is 32.9 Å². The molecule has 0 aliphatic carbocycles. The number of aromatic nitrogens is 4. The largest absolute Gasteiger partial charge is 0.497 e. The van der Waals surface area contributed by atoms with E-state index in [0.717, 1.165) is 17.0 Å². The van der Waals surface area contributed by atoms with Gasteiger partial charge >= 0.3 is 0 Å². The van der Waals surface area contributed by atoms with E-state index in [2.05, 4.69) is 20.4 Å². The molecule has 2 aromatic carbocycles. The second kappa shape index (κ2) is 7.38. The van der Waals surface area contributed by atoms with Gasteiger partial charge in [-0.05, 0) is 62.4 Å². The van der Waals surface area contributed by atoms with Crippen molar-refractivity contribution in [1.29, 1.82) is 0 Å². The van der Waals surface area contributed by atoms with Crippen LogP contribution < -0.4 is 15.8 Å². The van der Waals surface area contributed by atoms with E-state index >= 15 is 0 Å². The van der Waals surface area contributed by atoms with Crippen LogP contribution in [0.2, 0.25) is 0 Å². The van der Waals surface area contributed by atoms with E-state index in [1.807, 2.05) is 38.1 Å². The summed E-state index contributed by atoms with van der Waals surface area (Å²) in [5.74, 6) is 1.26. The summed E-state index contributed by atoms with van der Waals surface area (Å²) in [6.45, 7) is 3.99. The van der Waals surface area contributed by atoms with Crippen molar-refractivity contribution in [2.24, 2.45) is 0 Å². The zero-order valence-corrected chi connectivity index (χ0v) is 16.3. The van der Waals surface area contributed by atoms with Gasteiger partial charge in [-0.3, -0.25) is 0 Å². The molecule has 0 atom stereocenters. The Morgan fingerprint density at radius 2 is 1.72 bits per heavy atom. The molecule has 0 unspecified atom stereocenters. The van der Waals surface area contributed by atoms with E-state index < -0.39 is 0 Å². The lowest BCUT2D eigenvalue weighted by Gasteiger charge is -2.10. The summed E-state index contributed by atoms with van der Waals surface area (Å²) < 4.78 is 20.3. The predicted molar refractivity (Wildman–Crippen MR) is 112 cm³/mol. The van der Waals surface area contributed by atoms with Gasteiger partial charge in [-0.2, -0.15) is 4.98 Å². The summed E-state index contributed by atoms with van der Waals surface area (Å²) in [7, 11) is 1.61. The molecule has 2 heterocycles. The molecule has 0 radical (unpaired) electrons. The lowest BCUT2D eigenvalue weighted by molar-refractivity contribution is 0.414. The molecule has 4 rings (SSSR count). The Morgan fingerprint density at radius 1 is 1.03 bits per heavy atom. The van der Waals surface area contributed by atoms with Gasteiger partial charge in [0, 0.05) is 11.6 Å². The lowest BCUT2D eigenvalue weighted by Crippen LogP contribution is -2.13. The standard InChI is InChI=1S/C21H21FN6O/c1-12(2)24-21-25-18(13-4-6-14(22)7-5-13)17-19(23)28(27-20(17)26-21)15-8-10-16(29-3)11-9-15/h4-12H,23H2,1-3H3,(H,24,26,27). The van der Waals surface area contributed by atoms with Gasteiger partial charge in [0.05, 0.1) is 23.9 Å². The number of hydrogen-bond acceptors (Lipinski definition) is 6. The number of benzene rings is 2. The number of nitrogen functional groups attached to an aromatic ring is 1. The van der Waals surface area contributed by atoms with E-state index in [1.165, 1.54) is 12.1 Å². The van der Waals surface area contributed by atoms with Gasteiger partial charge in [0.2, 0.25) is 5.95 Å². The lowest BCUT2D eigenvalue weighted by atomic mass is 10.1. The van der Waals surface area contributed by atoms with Gasteiger partial charge in [0.25, 0.3) is 0 Å². The topological polar surface area (TPSA) is 90.9 Å². The van der Waals surface area contributed by atoms with Crippen LogP contribution in [0.4, 0.5) is 16.2 Å². The highest BCUT2D eigenvalue weighted by molar-refractivity contribution is 5.99. The van der Waals surface area contributed by atoms with Gasteiger partial charge in [-0.25, -0.2) is 14.1 Å². The quantitative estimate of drug-likeness (QED) is 0.533. The molecule has 3 N–H and O–H groups in total. The maximum absolute atomic E-state index is 13.4. The molecule has 0 saturated heterocycles. The molecule has 29 heavy (non-hydrogen) atoms. The zero-order chi connectivity index (χ0) is 20.5. The third kappa shape index (κ3) is 3.56. The van der Waals surface area contributed by atoms with E-state index in [9.17, 15) is 4.39 Å². The summed E-state index contributed by atoms with van der Waals surface area (Å²) >= 11 is 0. The molecule has 0 bridgehead atoms. The van der Waals surface area contributed by atoms with Crippen molar-refractivity contribution in [3.63, 3.8) is 0 Å². The second-order valence-electron chi connectivity index (χ2n) is 6.90. The van der Waals surface area contributed by atoms with Crippen LogP contribution >= 0.6 is 0 Å². The Labute approximate surface area is 167 Å². The monoisotopic (exact) mass is 392 g/mol. The van der Waals surface area contributed by atoms with Crippen molar-refractivity contribution in [3.05, 3.63) is 54.3 Å². The van der Waals surface area contributed by atoms with Gasteiger partial charge in [0.15, 0.2) is 5.65 Å². The van der Waals surface area contributed by atoms with Crippen molar-refractivity contribution in [2.75, 3.05) is 18.2 Å². The molecule has 0 spiro atoms. The number of nitrogens with zero attached hydrogens (tertiary/aromatic N) is 4. The molecule has 4 aromatic rings. The van der Waals surface area contributed by atoms with Crippen LogP contribution in [0.3, 0.4) is 0 Å². The van der Waals surface area contributed by atoms with Crippen LogP contribution in [0, 0.1) is 5.82 Å². The summed E-state index contributed by atoms with van der Waals surface area (Å²) in [4.78, 5) is 9.17. The average molecular weight is 392 g/mol. The van der Waals surface area contributed by atoms with Crippen LogP contribution in [0.15, 0.2) is 48.5 Å². The fourth-order valence-corrected chi connectivity index (χ4v) is 3.07. The second-order valence-corrected chi connectivity index (χ2v) is 6.90. The first-order chi connectivity index (χ1) is 14.0. The van der Waals surface area contributed by atoms with Gasteiger partial charge in [-0.15, -0.1) is 5.10 Å². The van der Waals surface area contributed by atoms with Gasteiger partial charge in [0.1, 0.15) is 17.4 Å². The first-order valence-electron chi connectivity index (χ1n) is 9.19. The third-order valence-electron chi connectivity index (χ3n) is 4.42. The highest BCUT2D eigenvalue weighted by Gasteiger charge is 2.19. The maximum Gasteiger partial charge on any atom is 0.225 e. The Morgan fingerprint density at radius 3 is 2.34 bits per heavy atom. The number of rotatable bonds is 5. The Balaban J connectivity index is 1.93. The molecule has 7 nitrogen and oxygen atoms in total. The average Bonchev–Trinajstić information content (AvgIpc) is 3.04. The van der Waals surface area contributed by atoms with Crippen molar-refractivity contribution in [2.45, 2.75) is 19.9 Å². The molecular weight excluding hydrogens is 371 g/mol. The van der Waals surface area contributed by atoms with Crippen molar-refractivity contribution in [1.82, 2.24) is 19.7 Å².